The van der Waals surface area contributed by atoms with Crippen molar-refractivity contribution in [3.63, 3.8) is 0 Å². The highest BCUT2D eigenvalue weighted by atomic mass is 35.5. The van der Waals surface area contributed by atoms with Crippen LogP contribution >= 0.6 is 22.9 Å². The highest BCUT2D eigenvalue weighted by Crippen LogP contribution is 2.43. The van der Waals surface area contributed by atoms with Crippen LogP contribution in [0.15, 0.2) is 61.1 Å². The van der Waals surface area contributed by atoms with Crippen molar-refractivity contribution in [2.24, 2.45) is 0 Å². The molecule has 1 atom stereocenters. The molecule has 178 valence electrons. The van der Waals surface area contributed by atoms with Crippen LogP contribution in [-0.2, 0) is 9.53 Å². The minimum Gasteiger partial charge on any atom is -0.360 e. The molecule has 2 aromatic carbocycles. The van der Waals surface area contributed by atoms with Gasteiger partial charge < -0.3 is 4.74 Å². The minimum absolute atomic E-state index is 0.0359. The number of ketones is 1. The molecule has 0 N–H and O–H groups in total. The number of ether oxygens (including phenoxy) is 1. The van der Waals surface area contributed by atoms with Crippen LogP contribution < -0.4 is 0 Å². The van der Waals surface area contributed by atoms with Gasteiger partial charge in [-0.05, 0) is 76.1 Å². The summed E-state index contributed by atoms with van der Waals surface area (Å²) in [5.41, 5.74) is 5.20. The maximum Gasteiger partial charge on any atom is 0.195 e. The monoisotopic (exact) mass is 503 g/mol. The van der Waals surface area contributed by atoms with E-state index in [0.717, 1.165) is 48.5 Å². The van der Waals surface area contributed by atoms with Crippen LogP contribution in [0.2, 0.25) is 5.02 Å². The van der Waals surface area contributed by atoms with Gasteiger partial charge in [-0.25, -0.2) is 4.98 Å². The van der Waals surface area contributed by atoms with E-state index in [2.05, 4.69) is 15.6 Å². The summed E-state index contributed by atoms with van der Waals surface area (Å²) in [7, 11) is 0. The smallest absolute Gasteiger partial charge is 0.195 e. The van der Waals surface area contributed by atoms with E-state index in [4.69, 9.17) is 21.3 Å². The Bertz CT molecular complexity index is 1560. The second kappa shape index (κ2) is 8.86. The first-order valence-corrected chi connectivity index (χ1v) is 12.6. The van der Waals surface area contributed by atoms with E-state index in [1.54, 1.807) is 24.5 Å². The van der Waals surface area contributed by atoms with E-state index in [1.165, 1.54) is 0 Å². The van der Waals surface area contributed by atoms with Gasteiger partial charge in [-0.1, -0.05) is 35.1 Å². The molecule has 5 rings (SSSR count). The number of thiazole rings is 1. The third kappa shape index (κ3) is 4.49. The third-order valence-electron chi connectivity index (χ3n) is 5.85. The van der Waals surface area contributed by atoms with Crippen LogP contribution in [-0.4, -0.2) is 25.9 Å². The number of Topliss-reactive ketones (excluding diaryl/α,β-unsaturated/α-hetero) is 1. The van der Waals surface area contributed by atoms with E-state index in [0.29, 0.717) is 5.02 Å². The van der Waals surface area contributed by atoms with Gasteiger partial charge in [0.25, 0.3) is 0 Å². The zero-order valence-corrected chi connectivity index (χ0v) is 21.9. The molecule has 0 saturated heterocycles. The van der Waals surface area contributed by atoms with Gasteiger partial charge in [0.1, 0.15) is 6.10 Å². The fourth-order valence-electron chi connectivity index (χ4n) is 4.39. The molecular weight excluding hydrogens is 478 g/mol. The topological polar surface area (TPSA) is 57.0 Å². The average Bonchev–Trinajstić information content (AvgIpc) is 3.40. The Morgan fingerprint density at radius 1 is 1.14 bits per heavy atom. The number of aromatic nitrogens is 3. The normalized spacial score (nSPS) is 13.0. The van der Waals surface area contributed by atoms with E-state index < -0.39 is 11.7 Å². The molecule has 5 nitrogen and oxygen atoms in total. The van der Waals surface area contributed by atoms with Crippen molar-refractivity contribution in [3.8, 4) is 16.3 Å². The molecule has 0 unspecified atom stereocenters. The molecule has 0 radical (unpaired) electrons. The van der Waals surface area contributed by atoms with Gasteiger partial charge in [-0.2, -0.15) is 0 Å². The highest BCUT2D eigenvalue weighted by Gasteiger charge is 2.30. The number of rotatable bonds is 5. The summed E-state index contributed by atoms with van der Waals surface area (Å²) in [5.74, 6) is -0.0359. The predicted molar refractivity (Wildman–Crippen MR) is 144 cm³/mol. The standard InChI is InChI=1S/C28H26ClN3O2S/c1-16-14-21-26(35-27(31-21)32-13-11-19-15-30-12-10-22(19)32)24(18-6-8-20(29)9-7-18)23(16)25(17(2)33)34-28(3,4)5/h6-15,25H,1-5H3/t25-/m1/s1. The van der Waals surface area contributed by atoms with Crippen molar-refractivity contribution in [2.75, 3.05) is 0 Å². The number of hydrogen-bond acceptors (Lipinski definition) is 5. The largest absolute Gasteiger partial charge is 0.360 e. The van der Waals surface area contributed by atoms with Crippen LogP contribution in [0.3, 0.4) is 0 Å². The first-order chi connectivity index (χ1) is 16.6. The molecule has 35 heavy (non-hydrogen) atoms. The van der Waals surface area contributed by atoms with E-state index in [-0.39, 0.29) is 5.78 Å². The molecule has 0 aliphatic rings. The summed E-state index contributed by atoms with van der Waals surface area (Å²) in [6.07, 6.45) is 4.95. The Hall–Kier alpha value is -3.06. The maximum atomic E-state index is 12.9. The number of nitrogens with zero attached hydrogens (tertiary/aromatic N) is 3. The number of fused-ring (bicyclic) bond motifs is 2. The van der Waals surface area contributed by atoms with Crippen molar-refractivity contribution >= 4 is 49.8 Å². The molecule has 0 aliphatic carbocycles. The lowest BCUT2D eigenvalue weighted by Gasteiger charge is -2.29. The lowest BCUT2D eigenvalue weighted by molar-refractivity contribution is -0.138. The Balaban J connectivity index is 1.81. The number of halogens is 1. The number of carbonyl (C=O) groups is 1. The Labute approximate surface area is 213 Å². The molecule has 0 aliphatic heterocycles. The fourth-order valence-corrected chi connectivity index (χ4v) is 5.64. The van der Waals surface area contributed by atoms with Gasteiger partial charge in [0.15, 0.2) is 10.9 Å². The molecule has 0 spiro atoms. The van der Waals surface area contributed by atoms with E-state index in [9.17, 15) is 4.79 Å². The van der Waals surface area contributed by atoms with Crippen molar-refractivity contribution in [2.45, 2.75) is 46.3 Å². The SMILES string of the molecule is CC(=O)[C@@H](OC(C)(C)C)c1c(C)cc2nc(-n3ccc4cnccc43)sc2c1-c1ccc(Cl)cc1. The van der Waals surface area contributed by atoms with Gasteiger partial charge in [-0.15, -0.1) is 0 Å². The zero-order chi connectivity index (χ0) is 24.9. The summed E-state index contributed by atoms with van der Waals surface area (Å²) in [6.45, 7) is 9.51. The first kappa shape index (κ1) is 23.7. The second-order valence-corrected chi connectivity index (χ2v) is 11.1. The molecule has 7 heteroatoms. The number of carbonyl (C=O) groups excluding carboxylic acids is 1. The number of pyridine rings is 1. The summed E-state index contributed by atoms with van der Waals surface area (Å²) in [4.78, 5) is 22.1. The number of aryl methyl sites for hydroxylation is 1. The van der Waals surface area contributed by atoms with Crippen LogP contribution in [0.4, 0.5) is 0 Å². The fraction of sp³-hybridized carbons (Fsp3) is 0.250. The van der Waals surface area contributed by atoms with Crippen molar-refractivity contribution in [3.05, 3.63) is 77.2 Å². The van der Waals surface area contributed by atoms with Crippen LogP contribution in [0.1, 0.15) is 44.9 Å². The van der Waals surface area contributed by atoms with Crippen LogP contribution in [0.5, 0.6) is 0 Å². The van der Waals surface area contributed by atoms with Crippen molar-refractivity contribution < 1.29 is 9.53 Å². The van der Waals surface area contributed by atoms with Gasteiger partial charge in [-0.3, -0.25) is 14.3 Å². The van der Waals surface area contributed by atoms with Crippen molar-refractivity contribution in [1.29, 1.82) is 0 Å². The molecule has 0 bridgehead atoms. The molecule has 0 saturated carbocycles. The summed E-state index contributed by atoms with van der Waals surface area (Å²) in [6, 6.07) is 13.8. The van der Waals surface area contributed by atoms with Gasteiger partial charge in [0, 0.05) is 40.1 Å². The molecule has 0 amide bonds. The van der Waals surface area contributed by atoms with Crippen LogP contribution in [0.25, 0.3) is 37.4 Å². The number of benzene rings is 2. The average molecular weight is 504 g/mol. The minimum atomic E-state index is -0.700. The third-order valence-corrected chi connectivity index (χ3v) is 7.19. The Kier molecular flexibility index (Phi) is 5.99. The Morgan fingerprint density at radius 2 is 1.89 bits per heavy atom. The lowest BCUT2D eigenvalue weighted by atomic mass is 9.90. The molecular formula is C28H26ClN3O2S. The van der Waals surface area contributed by atoms with Crippen molar-refractivity contribution in [1.82, 2.24) is 14.5 Å². The quantitative estimate of drug-likeness (QED) is 0.246. The van der Waals surface area contributed by atoms with E-state index >= 15 is 0 Å². The molecule has 3 aromatic heterocycles. The zero-order valence-electron chi connectivity index (χ0n) is 20.3. The first-order valence-electron chi connectivity index (χ1n) is 11.4. The van der Waals surface area contributed by atoms with Gasteiger partial charge in [0.05, 0.1) is 21.3 Å². The lowest BCUT2D eigenvalue weighted by Crippen LogP contribution is -2.27. The second-order valence-electron chi connectivity index (χ2n) is 9.67. The van der Waals surface area contributed by atoms with Gasteiger partial charge in [0.2, 0.25) is 0 Å². The molecule has 3 heterocycles. The summed E-state index contributed by atoms with van der Waals surface area (Å²) in [5, 5.41) is 2.56. The van der Waals surface area contributed by atoms with Crippen LogP contribution in [0, 0.1) is 6.92 Å². The van der Waals surface area contributed by atoms with Gasteiger partial charge >= 0.3 is 0 Å². The number of hydrogen-bond donors (Lipinski definition) is 0. The molecule has 5 aromatic rings. The summed E-state index contributed by atoms with van der Waals surface area (Å²) >= 11 is 7.82. The maximum absolute atomic E-state index is 12.9. The van der Waals surface area contributed by atoms with E-state index in [1.807, 2.05) is 76.5 Å². The molecule has 0 fully saturated rings. The Morgan fingerprint density at radius 3 is 2.57 bits per heavy atom. The predicted octanol–water partition coefficient (Wildman–Crippen LogP) is 7.71. The highest BCUT2D eigenvalue weighted by molar-refractivity contribution is 7.21. The summed E-state index contributed by atoms with van der Waals surface area (Å²) < 4.78 is 9.42.